The summed E-state index contributed by atoms with van der Waals surface area (Å²) >= 11 is 0. The minimum Gasteiger partial charge on any atom is -0.358 e. The maximum Gasteiger partial charge on any atom is 0.149 e. The quantitative estimate of drug-likeness (QED) is 0.629. The van der Waals surface area contributed by atoms with E-state index in [2.05, 4.69) is 21.4 Å². The zero-order valence-corrected chi connectivity index (χ0v) is 6.33. The van der Waals surface area contributed by atoms with Crippen molar-refractivity contribution in [3.8, 4) is 12.3 Å². The zero-order valence-electron chi connectivity index (χ0n) is 6.33. The van der Waals surface area contributed by atoms with Crippen molar-refractivity contribution in [3.63, 3.8) is 0 Å². The van der Waals surface area contributed by atoms with Crippen molar-refractivity contribution in [3.05, 3.63) is 17.8 Å². The summed E-state index contributed by atoms with van der Waals surface area (Å²) in [5, 5.41) is 10.5. The molecule has 56 valence electrons. The van der Waals surface area contributed by atoms with E-state index in [1.807, 2.05) is 13.0 Å². The van der Waals surface area contributed by atoms with Gasteiger partial charge >= 0.3 is 0 Å². The molecule has 11 heavy (non-hydrogen) atoms. The normalized spacial score (nSPS) is 8.73. The van der Waals surface area contributed by atoms with E-state index in [1.54, 1.807) is 6.20 Å². The Balaban J connectivity index is 2.65. The molecule has 0 atom stereocenters. The Hall–Kier alpha value is -1.56. The maximum atomic E-state index is 5.05. The molecule has 0 unspecified atom stereocenters. The van der Waals surface area contributed by atoms with Gasteiger partial charge in [0.25, 0.3) is 0 Å². The molecule has 0 radical (unpaired) electrons. The molecule has 1 N–H and O–H groups in total. The third kappa shape index (κ3) is 2.26. The van der Waals surface area contributed by atoms with Gasteiger partial charge in [0.2, 0.25) is 0 Å². The summed E-state index contributed by atoms with van der Waals surface area (Å²) in [5.41, 5.74) is 1.07. The van der Waals surface area contributed by atoms with Crippen LogP contribution in [0.4, 0.5) is 5.82 Å². The van der Waals surface area contributed by atoms with Crippen LogP contribution < -0.4 is 5.32 Å². The number of hydrogen-bond donors (Lipinski definition) is 1. The van der Waals surface area contributed by atoms with E-state index < -0.39 is 0 Å². The molecule has 0 aliphatic carbocycles. The van der Waals surface area contributed by atoms with Crippen molar-refractivity contribution in [2.45, 2.75) is 6.92 Å². The van der Waals surface area contributed by atoms with Crippen LogP contribution in [-0.2, 0) is 0 Å². The monoisotopic (exact) mass is 147 g/mol. The van der Waals surface area contributed by atoms with Gasteiger partial charge in [0.15, 0.2) is 0 Å². The van der Waals surface area contributed by atoms with Gasteiger partial charge < -0.3 is 5.32 Å². The van der Waals surface area contributed by atoms with Gasteiger partial charge in [-0.1, -0.05) is 5.92 Å². The first-order chi connectivity index (χ1) is 5.33. The Labute approximate surface area is 65.8 Å². The molecule has 0 amide bonds. The van der Waals surface area contributed by atoms with E-state index >= 15 is 0 Å². The van der Waals surface area contributed by atoms with Crippen LogP contribution >= 0.6 is 0 Å². The maximum absolute atomic E-state index is 5.05. The first-order valence-corrected chi connectivity index (χ1v) is 3.29. The van der Waals surface area contributed by atoms with E-state index in [1.165, 1.54) is 0 Å². The van der Waals surface area contributed by atoms with Gasteiger partial charge in [-0.3, -0.25) is 0 Å². The standard InChI is InChI=1S/C8H9N3/c1-3-4-9-8-5-7(2)6-10-11-8/h1,5-6H,4H2,2H3,(H,9,11). The third-order valence-corrected chi connectivity index (χ3v) is 1.16. The summed E-state index contributed by atoms with van der Waals surface area (Å²) in [7, 11) is 0. The second kappa shape index (κ2) is 3.57. The number of aromatic nitrogens is 2. The summed E-state index contributed by atoms with van der Waals surface area (Å²) in [6, 6.07) is 1.89. The zero-order chi connectivity index (χ0) is 8.10. The molecule has 1 rings (SSSR count). The summed E-state index contributed by atoms with van der Waals surface area (Å²) in [5.74, 6) is 3.18. The van der Waals surface area contributed by atoms with E-state index in [9.17, 15) is 0 Å². The van der Waals surface area contributed by atoms with Gasteiger partial charge in [0.05, 0.1) is 12.7 Å². The van der Waals surface area contributed by atoms with Crippen molar-refractivity contribution in [2.24, 2.45) is 0 Å². The topological polar surface area (TPSA) is 37.8 Å². The average Bonchev–Trinajstić information content (AvgIpc) is 2.01. The van der Waals surface area contributed by atoms with Gasteiger partial charge in [-0.2, -0.15) is 5.10 Å². The van der Waals surface area contributed by atoms with E-state index in [4.69, 9.17) is 6.42 Å². The predicted octanol–water partition coefficient (Wildman–Crippen LogP) is 0.830. The highest BCUT2D eigenvalue weighted by Crippen LogP contribution is 2.01. The number of hydrogen-bond acceptors (Lipinski definition) is 3. The Morgan fingerprint density at radius 1 is 1.73 bits per heavy atom. The molecule has 1 aromatic rings. The number of aryl methyl sites for hydroxylation is 1. The summed E-state index contributed by atoms with van der Waals surface area (Å²) in [4.78, 5) is 0. The molecule has 0 aromatic carbocycles. The van der Waals surface area contributed by atoms with Gasteiger partial charge in [0, 0.05) is 0 Å². The third-order valence-electron chi connectivity index (χ3n) is 1.16. The number of terminal acetylenes is 1. The van der Waals surface area contributed by atoms with Crippen LogP contribution in [0.15, 0.2) is 12.3 Å². The van der Waals surface area contributed by atoms with Crippen molar-refractivity contribution in [1.82, 2.24) is 10.2 Å². The van der Waals surface area contributed by atoms with Crippen LogP contribution in [0.25, 0.3) is 0 Å². The molecule has 3 heteroatoms. The Morgan fingerprint density at radius 3 is 3.18 bits per heavy atom. The number of anilines is 1. The van der Waals surface area contributed by atoms with Crippen LogP contribution in [0.3, 0.4) is 0 Å². The average molecular weight is 147 g/mol. The first-order valence-electron chi connectivity index (χ1n) is 3.29. The van der Waals surface area contributed by atoms with E-state index in [-0.39, 0.29) is 0 Å². The fourth-order valence-corrected chi connectivity index (χ4v) is 0.692. The Morgan fingerprint density at radius 2 is 2.55 bits per heavy atom. The molecule has 3 nitrogen and oxygen atoms in total. The molecule has 0 bridgehead atoms. The number of rotatable bonds is 2. The highest BCUT2D eigenvalue weighted by atomic mass is 15.2. The van der Waals surface area contributed by atoms with Gasteiger partial charge in [-0.15, -0.1) is 11.5 Å². The lowest BCUT2D eigenvalue weighted by atomic mass is 10.3. The molecule has 0 saturated carbocycles. The molecule has 1 aromatic heterocycles. The van der Waals surface area contributed by atoms with Crippen LogP contribution in [0.2, 0.25) is 0 Å². The van der Waals surface area contributed by atoms with Crippen molar-refractivity contribution in [2.75, 3.05) is 11.9 Å². The van der Waals surface area contributed by atoms with Crippen molar-refractivity contribution >= 4 is 5.82 Å². The Kier molecular flexibility index (Phi) is 2.45. The van der Waals surface area contributed by atoms with Crippen LogP contribution in [-0.4, -0.2) is 16.7 Å². The molecule has 1 heterocycles. The molecule has 0 fully saturated rings. The molecule has 0 saturated heterocycles. The SMILES string of the molecule is C#CCNc1cc(C)cnn1. The summed E-state index contributed by atoms with van der Waals surface area (Å²) < 4.78 is 0. The molecule has 0 spiro atoms. The minimum absolute atomic E-state index is 0.484. The molecular weight excluding hydrogens is 138 g/mol. The first kappa shape index (κ1) is 7.55. The Bertz CT molecular complexity index is 275. The second-order valence-electron chi connectivity index (χ2n) is 2.18. The number of nitrogens with one attached hydrogen (secondary N) is 1. The molecular formula is C8H9N3. The van der Waals surface area contributed by atoms with Crippen LogP contribution in [0.5, 0.6) is 0 Å². The van der Waals surface area contributed by atoms with E-state index in [0.29, 0.717) is 6.54 Å². The van der Waals surface area contributed by atoms with Gasteiger partial charge in [0.1, 0.15) is 5.82 Å². The lowest BCUT2D eigenvalue weighted by Crippen LogP contribution is -2.01. The van der Waals surface area contributed by atoms with Crippen molar-refractivity contribution in [1.29, 1.82) is 0 Å². The second-order valence-corrected chi connectivity index (χ2v) is 2.18. The fraction of sp³-hybridized carbons (Fsp3) is 0.250. The molecule has 0 aliphatic rings. The highest BCUT2D eigenvalue weighted by molar-refractivity contribution is 5.36. The lowest BCUT2D eigenvalue weighted by molar-refractivity contribution is 1.01. The van der Waals surface area contributed by atoms with Crippen LogP contribution in [0.1, 0.15) is 5.56 Å². The number of nitrogens with zero attached hydrogens (tertiary/aromatic N) is 2. The summed E-state index contributed by atoms with van der Waals surface area (Å²) in [6.07, 6.45) is 6.75. The predicted molar refractivity (Wildman–Crippen MR) is 44.1 cm³/mol. The minimum atomic E-state index is 0.484. The smallest absolute Gasteiger partial charge is 0.149 e. The fourth-order valence-electron chi connectivity index (χ4n) is 0.692. The van der Waals surface area contributed by atoms with Gasteiger partial charge in [-0.25, -0.2) is 0 Å². The van der Waals surface area contributed by atoms with E-state index in [0.717, 1.165) is 11.4 Å². The largest absolute Gasteiger partial charge is 0.358 e. The lowest BCUT2D eigenvalue weighted by Gasteiger charge is -1.99. The highest BCUT2D eigenvalue weighted by Gasteiger charge is 1.90. The summed E-state index contributed by atoms with van der Waals surface area (Å²) in [6.45, 7) is 2.44. The van der Waals surface area contributed by atoms with Crippen molar-refractivity contribution < 1.29 is 0 Å². The van der Waals surface area contributed by atoms with Crippen LogP contribution in [0, 0.1) is 19.3 Å². The van der Waals surface area contributed by atoms with Gasteiger partial charge in [-0.05, 0) is 18.6 Å². The molecule has 0 aliphatic heterocycles.